The van der Waals surface area contributed by atoms with Gasteiger partial charge in [-0.1, -0.05) is 0 Å². The van der Waals surface area contributed by atoms with Crippen molar-refractivity contribution in [3.8, 4) is 0 Å². The average molecular weight is 290 g/mol. The van der Waals surface area contributed by atoms with Gasteiger partial charge in [-0.15, -0.1) is 11.3 Å². The number of halogens is 1. The van der Waals surface area contributed by atoms with Gasteiger partial charge in [-0.2, -0.15) is 0 Å². The van der Waals surface area contributed by atoms with Gasteiger partial charge < -0.3 is 10.1 Å². The van der Waals surface area contributed by atoms with Gasteiger partial charge in [0.15, 0.2) is 0 Å². The van der Waals surface area contributed by atoms with Crippen LogP contribution in [0.15, 0.2) is 15.9 Å². The molecule has 0 saturated heterocycles. The Morgan fingerprint density at radius 2 is 2.33 bits per heavy atom. The molecular formula is C11H16BrNOS. The molecule has 0 fully saturated rings. The summed E-state index contributed by atoms with van der Waals surface area (Å²) in [7, 11) is 0. The number of carbonyl (C=O) groups is 1. The molecular weight excluding hydrogens is 274 g/mol. The summed E-state index contributed by atoms with van der Waals surface area (Å²) in [4.78, 5) is 12.1. The topological polar surface area (TPSA) is 29.1 Å². The van der Waals surface area contributed by atoms with Crippen LogP contribution >= 0.6 is 27.3 Å². The van der Waals surface area contributed by atoms with Crippen LogP contribution < -0.4 is 5.32 Å². The predicted molar refractivity (Wildman–Crippen MR) is 68.5 cm³/mol. The Hall–Kier alpha value is -0.190. The van der Waals surface area contributed by atoms with Crippen molar-refractivity contribution >= 4 is 33.0 Å². The van der Waals surface area contributed by atoms with Crippen molar-refractivity contribution < 1.29 is 4.79 Å². The lowest BCUT2D eigenvalue weighted by Crippen LogP contribution is -2.18. The fourth-order valence-electron chi connectivity index (χ4n) is 1.28. The molecule has 0 aromatic carbocycles. The highest BCUT2D eigenvalue weighted by molar-refractivity contribution is 9.10. The van der Waals surface area contributed by atoms with Gasteiger partial charge in [-0.25, -0.2) is 0 Å². The van der Waals surface area contributed by atoms with Crippen LogP contribution in [0.3, 0.4) is 0 Å². The second kappa shape index (κ2) is 7.14. The number of thiophene rings is 1. The van der Waals surface area contributed by atoms with E-state index in [1.54, 1.807) is 18.3 Å². The summed E-state index contributed by atoms with van der Waals surface area (Å²) >= 11 is 5.21. The quantitative estimate of drug-likeness (QED) is 0.782. The zero-order chi connectivity index (χ0) is 11.1. The van der Waals surface area contributed by atoms with E-state index >= 15 is 0 Å². The van der Waals surface area contributed by atoms with E-state index < -0.39 is 0 Å². The Kier molecular flexibility index (Phi) is 6.13. The maximum atomic E-state index is 10.7. The molecule has 4 heteroatoms. The minimum atomic E-state index is 0.277. The molecule has 1 aromatic heterocycles. The van der Waals surface area contributed by atoms with Crippen LogP contribution in [-0.4, -0.2) is 18.9 Å². The molecule has 0 radical (unpaired) electrons. The molecule has 0 aliphatic carbocycles. The van der Waals surface area contributed by atoms with Crippen LogP contribution in [0, 0.1) is 0 Å². The van der Waals surface area contributed by atoms with E-state index in [0.717, 1.165) is 25.9 Å². The van der Waals surface area contributed by atoms with Crippen molar-refractivity contribution in [2.75, 3.05) is 13.1 Å². The van der Waals surface area contributed by atoms with Crippen LogP contribution in [0.5, 0.6) is 0 Å². The summed E-state index contributed by atoms with van der Waals surface area (Å²) in [5, 5.41) is 5.44. The zero-order valence-electron chi connectivity index (χ0n) is 8.88. The summed E-state index contributed by atoms with van der Waals surface area (Å²) in [5.74, 6) is 0.277. The van der Waals surface area contributed by atoms with E-state index in [0.29, 0.717) is 6.42 Å². The van der Waals surface area contributed by atoms with Crippen LogP contribution in [0.1, 0.15) is 24.6 Å². The second-order valence-corrected chi connectivity index (χ2v) is 5.45. The molecule has 0 saturated carbocycles. The Bertz CT molecular complexity index is 311. The molecule has 0 aliphatic heterocycles. The van der Waals surface area contributed by atoms with Crippen molar-refractivity contribution in [3.05, 3.63) is 20.8 Å². The lowest BCUT2D eigenvalue weighted by molar-refractivity contribution is -0.117. The summed E-state index contributed by atoms with van der Waals surface area (Å²) in [5.41, 5.74) is 0. The van der Waals surface area contributed by atoms with Gasteiger partial charge in [0.2, 0.25) is 0 Å². The molecule has 15 heavy (non-hydrogen) atoms. The standard InChI is InChI=1S/C11H16BrNOS/c1-9(14)3-2-5-13-6-4-11-7-10(12)8-15-11/h7-8,13H,2-6H2,1H3. The molecule has 1 heterocycles. The smallest absolute Gasteiger partial charge is 0.129 e. The third kappa shape index (κ3) is 6.07. The predicted octanol–water partition coefficient (Wildman–Crippen LogP) is 3.01. The molecule has 1 rings (SSSR count). The molecule has 1 aromatic rings. The fourth-order valence-corrected chi connectivity index (χ4v) is 2.74. The number of hydrogen-bond acceptors (Lipinski definition) is 3. The Balaban J connectivity index is 2.00. The Morgan fingerprint density at radius 3 is 2.93 bits per heavy atom. The zero-order valence-corrected chi connectivity index (χ0v) is 11.3. The number of Topliss-reactive ketones (excluding diaryl/α,β-unsaturated/α-hetero) is 1. The van der Waals surface area contributed by atoms with Crippen molar-refractivity contribution in [2.45, 2.75) is 26.2 Å². The van der Waals surface area contributed by atoms with Crippen LogP contribution in [0.2, 0.25) is 0 Å². The van der Waals surface area contributed by atoms with Crippen molar-refractivity contribution in [2.24, 2.45) is 0 Å². The average Bonchev–Trinajstić information content (AvgIpc) is 2.57. The van der Waals surface area contributed by atoms with Crippen molar-refractivity contribution in [1.29, 1.82) is 0 Å². The summed E-state index contributed by atoms with van der Waals surface area (Å²) in [6.07, 6.45) is 2.71. The normalized spacial score (nSPS) is 10.5. The molecule has 0 aliphatic rings. The largest absolute Gasteiger partial charge is 0.316 e. The third-order valence-electron chi connectivity index (χ3n) is 2.05. The van der Waals surface area contributed by atoms with Crippen molar-refractivity contribution in [3.63, 3.8) is 0 Å². The van der Waals surface area contributed by atoms with Gasteiger partial charge in [0.1, 0.15) is 5.78 Å². The van der Waals surface area contributed by atoms with Crippen LogP contribution in [-0.2, 0) is 11.2 Å². The molecule has 84 valence electrons. The minimum Gasteiger partial charge on any atom is -0.316 e. The molecule has 0 atom stereocenters. The highest BCUT2D eigenvalue weighted by Crippen LogP contribution is 2.19. The molecule has 1 N–H and O–H groups in total. The third-order valence-corrected chi connectivity index (χ3v) is 3.81. The number of nitrogens with one attached hydrogen (secondary N) is 1. The highest BCUT2D eigenvalue weighted by atomic mass is 79.9. The van der Waals surface area contributed by atoms with E-state index in [1.807, 2.05) is 0 Å². The van der Waals surface area contributed by atoms with Crippen molar-refractivity contribution in [1.82, 2.24) is 5.32 Å². The maximum Gasteiger partial charge on any atom is 0.129 e. The molecule has 0 spiro atoms. The fraction of sp³-hybridized carbons (Fsp3) is 0.545. The van der Waals surface area contributed by atoms with Gasteiger partial charge in [-0.05, 0) is 54.9 Å². The summed E-state index contributed by atoms with van der Waals surface area (Å²) in [6, 6.07) is 2.15. The van der Waals surface area contributed by atoms with Gasteiger partial charge in [0.05, 0.1) is 0 Å². The SMILES string of the molecule is CC(=O)CCCNCCc1cc(Br)cs1. The van der Waals surface area contributed by atoms with Gasteiger partial charge in [0.25, 0.3) is 0 Å². The Morgan fingerprint density at radius 1 is 1.53 bits per heavy atom. The van der Waals surface area contributed by atoms with E-state index in [-0.39, 0.29) is 5.78 Å². The van der Waals surface area contributed by atoms with E-state index in [1.165, 1.54) is 9.35 Å². The lowest BCUT2D eigenvalue weighted by Gasteiger charge is -2.01. The molecule has 0 bridgehead atoms. The van der Waals surface area contributed by atoms with E-state index in [9.17, 15) is 4.79 Å². The minimum absolute atomic E-state index is 0.277. The number of ketones is 1. The van der Waals surface area contributed by atoms with Gasteiger partial charge in [0, 0.05) is 21.2 Å². The Labute approximate surface area is 103 Å². The lowest BCUT2D eigenvalue weighted by atomic mass is 10.2. The summed E-state index contributed by atoms with van der Waals surface area (Å²) in [6.45, 7) is 3.57. The van der Waals surface area contributed by atoms with Crippen LogP contribution in [0.25, 0.3) is 0 Å². The van der Waals surface area contributed by atoms with Crippen LogP contribution in [0.4, 0.5) is 0 Å². The maximum absolute atomic E-state index is 10.7. The number of rotatable bonds is 7. The van der Waals surface area contributed by atoms with E-state index in [4.69, 9.17) is 0 Å². The van der Waals surface area contributed by atoms with Gasteiger partial charge >= 0.3 is 0 Å². The molecule has 0 unspecified atom stereocenters. The monoisotopic (exact) mass is 289 g/mol. The molecule has 2 nitrogen and oxygen atoms in total. The second-order valence-electron chi connectivity index (χ2n) is 3.54. The number of carbonyl (C=O) groups excluding carboxylic acids is 1. The van der Waals surface area contributed by atoms with E-state index in [2.05, 4.69) is 32.7 Å². The highest BCUT2D eigenvalue weighted by Gasteiger charge is 1.97. The van der Waals surface area contributed by atoms with Gasteiger partial charge in [-0.3, -0.25) is 0 Å². The first kappa shape index (κ1) is 12.9. The summed E-state index contributed by atoms with van der Waals surface area (Å²) < 4.78 is 1.17. The molecule has 0 amide bonds. The number of hydrogen-bond donors (Lipinski definition) is 1. The first-order valence-electron chi connectivity index (χ1n) is 5.11. The first-order chi connectivity index (χ1) is 7.18. The first-order valence-corrected chi connectivity index (χ1v) is 6.79.